The van der Waals surface area contributed by atoms with Crippen LogP contribution < -0.4 is 15.0 Å². The number of nitrogens with zero attached hydrogens (tertiary/aromatic N) is 3. The fourth-order valence-electron chi connectivity index (χ4n) is 3.86. The van der Waals surface area contributed by atoms with Crippen LogP contribution in [0.2, 0.25) is 0 Å². The molecule has 37 heavy (non-hydrogen) atoms. The molecule has 0 aliphatic rings. The molecule has 0 spiro atoms. The van der Waals surface area contributed by atoms with Crippen LogP contribution in [-0.2, 0) is 19.6 Å². The lowest BCUT2D eigenvalue weighted by molar-refractivity contribution is 0.0709. The van der Waals surface area contributed by atoms with E-state index in [0.717, 1.165) is 11.1 Å². The minimum absolute atomic E-state index is 0.000839. The van der Waals surface area contributed by atoms with Gasteiger partial charge < -0.3 is 14.6 Å². The molecule has 3 aromatic carbocycles. The molecule has 2 heterocycles. The average molecular weight is 499 g/mol. The van der Waals surface area contributed by atoms with E-state index in [9.17, 15) is 14.0 Å². The van der Waals surface area contributed by atoms with Crippen LogP contribution in [0.5, 0.6) is 5.75 Å². The van der Waals surface area contributed by atoms with Crippen LogP contribution in [0.15, 0.2) is 89.9 Å². The first-order valence-corrected chi connectivity index (χ1v) is 11.7. The Bertz CT molecular complexity index is 1580. The average Bonchev–Trinajstić information content (AvgIpc) is 3.34. The number of fused-ring (bicyclic) bond motifs is 1. The highest BCUT2D eigenvalue weighted by atomic mass is 19.1. The molecule has 5 aromatic rings. The van der Waals surface area contributed by atoms with E-state index >= 15 is 0 Å². The summed E-state index contributed by atoms with van der Waals surface area (Å²) in [5.74, 6) is -0.686. The largest absolute Gasteiger partial charge is 0.483 e. The number of aryl methyl sites for hydroxylation is 1. The maximum Gasteiger partial charge on any atom is 0.234 e. The number of hydrogen-bond acceptors (Lipinski definition) is 6. The van der Waals surface area contributed by atoms with Gasteiger partial charge in [-0.2, -0.15) is 0 Å². The zero-order valence-corrected chi connectivity index (χ0v) is 19.8. The van der Waals surface area contributed by atoms with Gasteiger partial charge in [-0.15, -0.1) is 5.10 Å². The number of benzene rings is 3. The molecular formula is C28H23FN4O4. The van der Waals surface area contributed by atoms with Crippen LogP contribution in [0, 0.1) is 5.82 Å². The lowest BCUT2D eigenvalue weighted by Crippen LogP contribution is -2.23. The van der Waals surface area contributed by atoms with Crippen molar-refractivity contribution in [2.75, 3.05) is 0 Å². The summed E-state index contributed by atoms with van der Waals surface area (Å²) in [5.41, 5.74) is 2.82. The molecule has 8 nitrogen and oxygen atoms in total. The third kappa shape index (κ3) is 5.56. The van der Waals surface area contributed by atoms with E-state index in [4.69, 9.17) is 9.57 Å². The summed E-state index contributed by atoms with van der Waals surface area (Å²) in [6.45, 7) is 0.0627. The summed E-state index contributed by atoms with van der Waals surface area (Å²) in [6.07, 6.45) is 1.85. The molecule has 0 saturated heterocycles. The van der Waals surface area contributed by atoms with Gasteiger partial charge in [0.05, 0.1) is 5.56 Å². The van der Waals surface area contributed by atoms with Gasteiger partial charge in [-0.25, -0.2) is 4.39 Å². The van der Waals surface area contributed by atoms with Crippen LogP contribution in [0.1, 0.15) is 33.6 Å². The first kappa shape index (κ1) is 23.9. The van der Waals surface area contributed by atoms with Gasteiger partial charge in [0.2, 0.25) is 5.43 Å². The number of aromatic nitrogens is 4. The van der Waals surface area contributed by atoms with Crippen molar-refractivity contribution < 1.29 is 18.8 Å². The number of carbonyl (C=O) groups excluding carboxylic acids is 1. The third-order valence-electron chi connectivity index (χ3n) is 5.85. The summed E-state index contributed by atoms with van der Waals surface area (Å²) in [6, 6.07) is 22.6. The number of rotatable bonds is 10. The molecule has 9 heteroatoms. The number of hydrogen-bond donors (Lipinski definition) is 1. The molecule has 5 rings (SSSR count). The predicted octanol–water partition coefficient (Wildman–Crippen LogP) is 4.28. The zero-order chi connectivity index (χ0) is 25.6. The Hall–Kier alpha value is -4.79. The number of pyridine rings is 1. The molecule has 0 atom stereocenters. The smallest absolute Gasteiger partial charge is 0.234 e. The Morgan fingerprint density at radius 3 is 2.49 bits per heavy atom. The highest BCUT2D eigenvalue weighted by molar-refractivity contribution is 5.96. The normalized spacial score (nSPS) is 10.9. The van der Waals surface area contributed by atoms with E-state index in [1.54, 1.807) is 12.1 Å². The van der Waals surface area contributed by atoms with Gasteiger partial charge in [-0.3, -0.25) is 9.59 Å². The molecule has 0 radical (unpaired) electrons. The second kappa shape index (κ2) is 10.9. The van der Waals surface area contributed by atoms with Gasteiger partial charge in [0, 0.05) is 12.6 Å². The molecule has 186 valence electrons. The number of halogens is 1. The number of nitrogens with one attached hydrogen (secondary N) is 1. The fourth-order valence-corrected chi connectivity index (χ4v) is 3.86. The van der Waals surface area contributed by atoms with Crippen molar-refractivity contribution in [1.82, 2.24) is 20.1 Å². The first-order valence-electron chi connectivity index (χ1n) is 11.7. The Morgan fingerprint density at radius 1 is 0.919 bits per heavy atom. The van der Waals surface area contributed by atoms with Crippen molar-refractivity contribution in [3.63, 3.8) is 0 Å². The Morgan fingerprint density at radius 2 is 1.68 bits per heavy atom. The quantitative estimate of drug-likeness (QED) is 0.289. The molecule has 0 fully saturated rings. The summed E-state index contributed by atoms with van der Waals surface area (Å²) >= 11 is 0. The summed E-state index contributed by atoms with van der Waals surface area (Å²) in [4.78, 5) is 36.4. The molecule has 0 saturated carbocycles. The monoisotopic (exact) mass is 498 g/mol. The minimum Gasteiger partial charge on any atom is -0.483 e. The lowest BCUT2D eigenvalue weighted by atomic mass is 10.0. The maximum atomic E-state index is 13.4. The summed E-state index contributed by atoms with van der Waals surface area (Å²) in [7, 11) is 0. The number of para-hydroxylation sites is 1. The van der Waals surface area contributed by atoms with Gasteiger partial charge in [0.1, 0.15) is 29.2 Å². The Balaban J connectivity index is 1.38. The van der Waals surface area contributed by atoms with Crippen molar-refractivity contribution in [2.45, 2.75) is 26.1 Å². The molecule has 2 aromatic heterocycles. The molecule has 1 N–H and O–H groups in total. The predicted molar refractivity (Wildman–Crippen MR) is 135 cm³/mol. The van der Waals surface area contributed by atoms with Crippen molar-refractivity contribution >= 4 is 16.8 Å². The Kier molecular flexibility index (Phi) is 7.02. The topological polar surface area (TPSA) is 99.1 Å². The number of Topliss-reactive ketones (excluding diaryl/α,β-unsaturated/α-hetero) is 1. The van der Waals surface area contributed by atoms with Crippen molar-refractivity contribution in [1.29, 1.82) is 0 Å². The molecular weight excluding hydrogens is 475 g/mol. The summed E-state index contributed by atoms with van der Waals surface area (Å²) in [5, 5.41) is 8.05. The molecule has 0 aliphatic heterocycles. The number of carbonyl (C=O) groups is 1. The minimum atomic E-state index is -0.527. The Labute approximate surface area is 211 Å². The standard InChI is InChI=1S/C28H23FN4O4/c29-21-13-10-19(11-14-21)12-15-26(34)22-16-30-24(18-37-33-25-9-5-4-8-23(25)31-32-33)28(27(22)35)36-17-20-6-2-1-3-7-20/h1-11,13-14,16H,12,15,17-18H2,(H,30,35). The first-order chi connectivity index (χ1) is 18.1. The van der Waals surface area contributed by atoms with Crippen LogP contribution in [-0.4, -0.2) is 25.9 Å². The van der Waals surface area contributed by atoms with E-state index in [-0.39, 0.29) is 42.5 Å². The number of ether oxygens (including phenoxy) is 1. The van der Waals surface area contributed by atoms with E-state index in [1.807, 2.05) is 54.6 Å². The third-order valence-corrected chi connectivity index (χ3v) is 5.85. The van der Waals surface area contributed by atoms with Gasteiger partial charge in [-0.05, 0) is 47.0 Å². The lowest BCUT2D eigenvalue weighted by Gasteiger charge is -2.13. The molecule has 0 amide bonds. The molecule has 0 bridgehead atoms. The van der Waals surface area contributed by atoms with Crippen molar-refractivity contribution in [3.05, 3.63) is 123 Å². The number of aromatic amines is 1. The van der Waals surface area contributed by atoms with Gasteiger partial charge in [0.15, 0.2) is 18.1 Å². The van der Waals surface area contributed by atoms with Crippen LogP contribution in [0.3, 0.4) is 0 Å². The molecule has 0 unspecified atom stereocenters. The fraction of sp³-hybridized carbons (Fsp3) is 0.143. The van der Waals surface area contributed by atoms with E-state index < -0.39 is 5.43 Å². The highest BCUT2D eigenvalue weighted by Crippen LogP contribution is 2.17. The van der Waals surface area contributed by atoms with Crippen molar-refractivity contribution in [3.8, 4) is 5.75 Å². The van der Waals surface area contributed by atoms with E-state index in [1.165, 1.54) is 23.2 Å². The second-order valence-electron chi connectivity index (χ2n) is 8.39. The highest BCUT2D eigenvalue weighted by Gasteiger charge is 2.19. The number of H-pyrrole nitrogens is 1. The van der Waals surface area contributed by atoms with E-state index in [2.05, 4.69) is 15.3 Å². The van der Waals surface area contributed by atoms with Gasteiger partial charge >= 0.3 is 0 Å². The number of ketones is 1. The SMILES string of the molecule is O=C(CCc1ccc(F)cc1)c1c[nH]c(COn2nnc3ccccc32)c(OCc2ccccc2)c1=O. The van der Waals surface area contributed by atoms with Gasteiger partial charge in [0.25, 0.3) is 0 Å². The van der Waals surface area contributed by atoms with Crippen molar-refractivity contribution in [2.24, 2.45) is 0 Å². The van der Waals surface area contributed by atoms with Crippen LogP contribution in [0.25, 0.3) is 11.0 Å². The molecule has 0 aliphatic carbocycles. The van der Waals surface area contributed by atoms with E-state index in [0.29, 0.717) is 23.1 Å². The van der Waals surface area contributed by atoms with Crippen LogP contribution >= 0.6 is 0 Å². The zero-order valence-electron chi connectivity index (χ0n) is 19.8. The summed E-state index contributed by atoms with van der Waals surface area (Å²) < 4.78 is 19.1. The van der Waals surface area contributed by atoms with Crippen LogP contribution in [0.4, 0.5) is 4.39 Å². The van der Waals surface area contributed by atoms with Gasteiger partial charge in [-0.1, -0.05) is 59.4 Å². The maximum absolute atomic E-state index is 13.4. The second-order valence-corrected chi connectivity index (χ2v) is 8.39.